The molecule has 1 aromatic heterocycles. The highest BCUT2D eigenvalue weighted by molar-refractivity contribution is 6.36. The summed E-state index contributed by atoms with van der Waals surface area (Å²) in [6.07, 6.45) is 0.380. The monoisotopic (exact) mass is 410 g/mol. The fourth-order valence-corrected chi connectivity index (χ4v) is 3.43. The van der Waals surface area contributed by atoms with Gasteiger partial charge in [-0.25, -0.2) is 4.79 Å². The highest BCUT2D eigenvalue weighted by Crippen LogP contribution is 2.24. The Bertz CT molecular complexity index is 870. The summed E-state index contributed by atoms with van der Waals surface area (Å²) in [6.45, 7) is 3.35. The standard InChI is InChI=1S/C19H20Cl2N2O4/c1-10-17(19(26)27-3)15(23-18(10)11(2)24)9-16(25)22-8-7-12-13(20)5-4-6-14(12)21/h4-6,23H,7-9H2,1-3H3,(H,22,25). The lowest BCUT2D eigenvalue weighted by atomic mass is 10.1. The van der Waals surface area contributed by atoms with Gasteiger partial charge in [-0.1, -0.05) is 29.3 Å². The maximum absolute atomic E-state index is 12.3. The molecule has 0 spiro atoms. The first-order chi connectivity index (χ1) is 12.8. The number of benzene rings is 1. The highest BCUT2D eigenvalue weighted by atomic mass is 35.5. The number of nitrogens with one attached hydrogen (secondary N) is 2. The van der Waals surface area contributed by atoms with Gasteiger partial charge in [-0.05, 0) is 36.6 Å². The number of aromatic nitrogens is 1. The number of carbonyl (C=O) groups excluding carboxylic acids is 3. The summed E-state index contributed by atoms with van der Waals surface area (Å²) >= 11 is 12.2. The average Bonchev–Trinajstić information content (AvgIpc) is 2.93. The number of carbonyl (C=O) groups is 3. The van der Waals surface area contributed by atoms with Crippen molar-refractivity contribution in [2.24, 2.45) is 0 Å². The lowest BCUT2D eigenvalue weighted by Crippen LogP contribution is -2.28. The molecule has 6 nitrogen and oxygen atoms in total. The average molecular weight is 411 g/mol. The van der Waals surface area contributed by atoms with Crippen molar-refractivity contribution in [3.63, 3.8) is 0 Å². The number of ether oxygens (including phenoxy) is 1. The smallest absolute Gasteiger partial charge is 0.339 e. The number of esters is 1. The van der Waals surface area contributed by atoms with E-state index in [1.165, 1.54) is 14.0 Å². The second-order valence-corrected chi connectivity index (χ2v) is 6.82. The molecule has 8 heteroatoms. The lowest BCUT2D eigenvalue weighted by molar-refractivity contribution is -0.120. The van der Waals surface area contributed by atoms with Gasteiger partial charge in [-0.15, -0.1) is 0 Å². The maximum atomic E-state index is 12.3. The first-order valence-electron chi connectivity index (χ1n) is 8.26. The van der Waals surface area contributed by atoms with Crippen LogP contribution in [0.25, 0.3) is 0 Å². The summed E-state index contributed by atoms with van der Waals surface area (Å²) in [5, 5.41) is 3.84. The van der Waals surface area contributed by atoms with E-state index < -0.39 is 5.97 Å². The van der Waals surface area contributed by atoms with E-state index in [-0.39, 0.29) is 23.7 Å². The molecule has 0 aliphatic rings. The largest absolute Gasteiger partial charge is 0.465 e. The van der Waals surface area contributed by atoms with Crippen LogP contribution in [0.3, 0.4) is 0 Å². The van der Waals surface area contributed by atoms with Gasteiger partial charge in [0.05, 0.1) is 24.8 Å². The summed E-state index contributed by atoms with van der Waals surface area (Å²) in [5.41, 5.74) is 2.08. The van der Waals surface area contributed by atoms with E-state index in [1.54, 1.807) is 25.1 Å². The number of halogens is 2. The molecular weight excluding hydrogens is 391 g/mol. The zero-order valence-electron chi connectivity index (χ0n) is 15.2. The fraction of sp³-hybridized carbons (Fsp3) is 0.316. The number of ketones is 1. The van der Waals surface area contributed by atoms with Crippen LogP contribution in [0.1, 0.15) is 44.6 Å². The van der Waals surface area contributed by atoms with Crippen molar-refractivity contribution < 1.29 is 19.1 Å². The van der Waals surface area contributed by atoms with Gasteiger partial charge < -0.3 is 15.0 Å². The van der Waals surface area contributed by atoms with E-state index in [2.05, 4.69) is 10.3 Å². The van der Waals surface area contributed by atoms with Crippen LogP contribution in [0.5, 0.6) is 0 Å². The van der Waals surface area contributed by atoms with E-state index in [4.69, 9.17) is 27.9 Å². The molecule has 0 bridgehead atoms. The Morgan fingerprint density at radius 2 is 1.81 bits per heavy atom. The molecule has 1 aromatic carbocycles. The molecule has 2 N–H and O–H groups in total. The van der Waals surface area contributed by atoms with Crippen LogP contribution < -0.4 is 5.32 Å². The number of hydrogen-bond acceptors (Lipinski definition) is 4. The zero-order chi connectivity index (χ0) is 20.1. The molecular formula is C19H20Cl2N2O4. The molecule has 0 saturated heterocycles. The number of amides is 1. The first-order valence-corrected chi connectivity index (χ1v) is 9.02. The Morgan fingerprint density at radius 3 is 2.37 bits per heavy atom. The van der Waals surface area contributed by atoms with Gasteiger partial charge in [-0.3, -0.25) is 9.59 Å². The third kappa shape index (κ3) is 4.90. The maximum Gasteiger partial charge on any atom is 0.339 e. The highest BCUT2D eigenvalue weighted by Gasteiger charge is 2.24. The van der Waals surface area contributed by atoms with Crippen LogP contribution in [0.15, 0.2) is 18.2 Å². The van der Waals surface area contributed by atoms with Crippen LogP contribution in [0, 0.1) is 6.92 Å². The van der Waals surface area contributed by atoms with E-state index >= 15 is 0 Å². The summed E-state index contributed by atoms with van der Waals surface area (Å²) in [6, 6.07) is 5.22. The molecule has 0 fully saturated rings. The fourth-order valence-electron chi connectivity index (χ4n) is 2.84. The van der Waals surface area contributed by atoms with E-state index in [0.717, 1.165) is 5.56 Å². The minimum Gasteiger partial charge on any atom is -0.465 e. The lowest BCUT2D eigenvalue weighted by Gasteiger charge is -2.09. The normalized spacial score (nSPS) is 10.6. The molecule has 2 rings (SSSR count). The molecule has 1 amide bonds. The Hall–Kier alpha value is -2.31. The summed E-state index contributed by atoms with van der Waals surface area (Å²) in [7, 11) is 1.25. The Balaban J connectivity index is 2.08. The number of Topliss-reactive ketones (excluding diaryl/α,β-unsaturated/α-hetero) is 1. The van der Waals surface area contributed by atoms with Crippen molar-refractivity contribution in [3.8, 4) is 0 Å². The minimum atomic E-state index is -0.595. The summed E-state index contributed by atoms with van der Waals surface area (Å²) < 4.78 is 4.77. The third-order valence-corrected chi connectivity index (χ3v) is 4.87. The van der Waals surface area contributed by atoms with Crippen LogP contribution in [0.4, 0.5) is 0 Å². The predicted molar refractivity (Wildman–Crippen MR) is 104 cm³/mol. The number of H-pyrrole nitrogens is 1. The van der Waals surface area contributed by atoms with Crippen molar-refractivity contribution >= 4 is 40.9 Å². The second kappa shape index (κ2) is 9.06. The molecule has 0 radical (unpaired) electrons. The Labute approximate surface area is 167 Å². The molecule has 0 atom stereocenters. The summed E-state index contributed by atoms with van der Waals surface area (Å²) in [5.74, 6) is -1.13. The second-order valence-electron chi connectivity index (χ2n) is 6.00. The zero-order valence-corrected chi connectivity index (χ0v) is 16.8. The predicted octanol–water partition coefficient (Wildman–Crippen LogP) is 3.52. The van der Waals surface area contributed by atoms with Gasteiger partial charge in [0, 0.05) is 29.2 Å². The van der Waals surface area contributed by atoms with Crippen molar-refractivity contribution in [3.05, 3.63) is 56.3 Å². The third-order valence-electron chi connectivity index (χ3n) is 4.17. The molecule has 0 unspecified atom stereocenters. The van der Waals surface area contributed by atoms with Gasteiger partial charge in [0.1, 0.15) is 0 Å². The van der Waals surface area contributed by atoms with Crippen LogP contribution >= 0.6 is 23.2 Å². The van der Waals surface area contributed by atoms with Gasteiger partial charge in [0.15, 0.2) is 5.78 Å². The molecule has 144 valence electrons. The van der Waals surface area contributed by atoms with E-state index in [1.807, 2.05) is 0 Å². The topological polar surface area (TPSA) is 88.3 Å². The van der Waals surface area contributed by atoms with Crippen LogP contribution in [0.2, 0.25) is 10.0 Å². The molecule has 0 aliphatic heterocycles. The van der Waals surface area contributed by atoms with Gasteiger partial charge in [0.2, 0.25) is 5.91 Å². The van der Waals surface area contributed by atoms with Crippen LogP contribution in [-0.4, -0.2) is 36.3 Å². The van der Waals surface area contributed by atoms with Crippen LogP contribution in [-0.2, 0) is 22.4 Å². The SMILES string of the molecule is COC(=O)c1c(CC(=O)NCCc2c(Cl)cccc2Cl)[nH]c(C(C)=O)c1C. The minimum absolute atomic E-state index is 0.0885. The summed E-state index contributed by atoms with van der Waals surface area (Å²) in [4.78, 5) is 38.9. The molecule has 0 aliphatic carbocycles. The van der Waals surface area contributed by atoms with Crippen molar-refractivity contribution in [2.45, 2.75) is 26.7 Å². The molecule has 0 saturated carbocycles. The molecule has 1 heterocycles. The Morgan fingerprint density at radius 1 is 1.19 bits per heavy atom. The van der Waals surface area contributed by atoms with Gasteiger partial charge in [-0.2, -0.15) is 0 Å². The van der Waals surface area contributed by atoms with Crippen molar-refractivity contribution in [2.75, 3.05) is 13.7 Å². The van der Waals surface area contributed by atoms with Gasteiger partial charge >= 0.3 is 5.97 Å². The van der Waals surface area contributed by atoms with Crippen molar-refractivity contribution in [1.29, 1.82) is 0 Å². The van der Waals surface area contributed by atoms with E-state index in [9.17, 15) is 14.4 Å². The van der Waals surface area contributed by atoms with Crippen molar-refractivity contribution in [1.82, 2.24) is 10.3 Å². The number of rotatable bonds is 7. The number of hydrogen-bond donors (Lipinski definition) is 2. The van der Waals surface area contributed by atoms with E-state index in [0.29, 0.717) is 40.0 Å². The quantitative estimate of drug-likeness (QED) is 0.539. The Kier molecular flexibility index (Phi) is 7.05. The molecule has 2 aromatic rings. The van der Waals surface area contributed by atoms with Gasteiger partial charge in [0.25, 0.3) is 0 Å². The number of aromatic amines is 1. The molecule has 27 heavy (non-hydrogen) atoms. The number of methoxy groups -OCH3 is 1. The first kappa shape index (κ1) is 21.0.